The number of ether oxygens (including phenoxy) is 1. The van der Waals surface area contributed by atoms with Crippen molar-refractivity contribution in [1.29, 1.82) is 0 Å². The van der Waals surface area contributed by atoms with Gasteiger partial charge < -0.3 is 10.5 Å². The summed E-state index contributed by atoms with van der Waals surface area (Å²) >= 11 is 0. The molecule has 0 saturated heterocycles. The summed E-state index contributed by atoms with van der Waals surface area (Å²) in [5, 5.41) is 0. The van der Waals surface area contributed by atoms with E-state index in [0.717, 1.165) is 29.0 Å². The lowest BCUT2D eigenvalue weighted by Gasteiger charge is -2.12. The van der Waals surface area contributed by atoms with Crippen LogP contribution < -0.4 is 10.5 Å². The second-order valence-corrected chi connectivity index (χ2v) is 4.95. The maximum Gasteiger partial charge on any atom is 0.130 e. The molecule has 0 fully saturated rings. The lowest BCUT2D eigenvalue weighted by Crippen LogP contribution is -2.08. The van der Waals surface area contributed by atoms with Crippen molar-refractivity contribution in [3.05, 3.63) is 59.2 Å². The molecular weight excluding hydrogens is 234 g/mol. The zero-order valence-electron chi connectivity index (χ0n) is 11.8. The van der Waals surface area contributed by atoms with E-state index in [-0.39, 0.29) is 6.04 Å². The summed E-state index contributed by atoms with van der Waals surface area (Å²) in [7, 11) is 0. The van der Waals surface area contributed by atoms with Gasteiger partial charge in [0.1, 0.15) is 11.5 Å². The van der Waals surface area contributed by atoms with E-state index in [2.05, 4.69) is 32.9 Å². The highest BCUT2D eigenvalue weighted by Crippen LogP contribution is 2.26. The van der Waals surface area contributed by atoms with Crippen LogP contribution in [0.3, 0.4) is 0 Å². The Morgan fingerprint density at radius 3 is 2.32 bits per heavy atom. The van der Waals surface area contributed by atoms with E-state index in [0.29, 0.717) is 0 Å². The molecule has 0 aliphatic carbocycles. The smallest absolute Gasteiger partial charge is 0.130 e. The molecule has 0 amide bonds. The first-order valence-corrected chi connectivity index (χ1v) is 6.71. The van der Waals surface area contributed by atoms with Crippen LogP contribution >= 0.6 is 0 Å². The van der Waals surface area contributed by atoms with E-state index in [1.54, 1.807) is 0 Å². The van der Waals surface area contributed by atoms with Gasteiger partial charge in [-0.05, 0) is 49.6 Å². The molecule has 2 heteroatoms. The Morgan fingerprint density at radius 1 is 1.05 bits per heavy atom. The van der Waals surface area contributed by atoms with Crippen LogP contribution in [0.2, 0.25) is 0 Å². The molecule has 0 saturated carbocycles. The molecule has 2 aromatic rings. The van der Waals surface area contributed by atoms with E-state index in [1.807, 2.05) is 30.3 Å². The van der Waals surface area contributed by atoms with Crippen molar-refractivity contribution in [2.75, 3.05) is 0 Å². The molecule has 0 aliphatic rings. The van der Waals surface area contributed by atoms with Gasteiger partial charge >= 0.3 is 0 Å². The average molecular weight is 255 g/mol. The van der Waals surface area contributed by atoms with Gasteiger partial charge in [-0.1, -0.05) is 36.8 Å². The molecule has 0 heterocycles. The molecule has 0 spiro atoms. The summed E-state index contributed by atoms with van der Waals surface area (Å²) < 4.78 is 5.89. The van der Waals surface area contributed by atoms with Crippen LogP contribution in [0.4, 0.5) is 0 Å². The van der Waals surface area contributed by atoms with Crippen LogP contribution in [0.25, 0.3) is 0 Å². The Hall–Kier alpha value is -1.80. The van der Waals surface area contributed by atoms with Crippen molar-refractivity contribution in [3.8, 4) is 11.5 Å². The molecular formula is C17H21NO. The third kappa shape index (κ3) is 3.36. The first-order valence-electron chi connectivity index (χ1n) is 6.71. The van der Waals surface area contributed by atoms with E-state index in [9.17, 15) is 0 Å². The fraction of sp³-hybridized carbons (Fsp3) is 0.294. The van der Waals surface area contributed by atoms with Crippen molar-refractivity contribution < 1.29 is 4.74 Å². The number of benzene rings is 2. The van der Waals surface area contributed by atoms with E-state index in [4.69, 9.17) is 10.5 Å². The number of hydrogen-bond acceptors (Lipinski definition) is 2. The first kappa shape index (κ1) is 13.6. The second kappa shape index (κ2) is 5.89. The van der Waals surface area contributed by atoms with Gasteiger partial charge in [0.2, 0.25) is 0 Å². The lowest BCUT2D eigenvalue weighted by atomic mass is 10.1. The molecule has 19 heavy (non-hydrogen) atoms. The predicted molar refractivity (Wildman–Crippen MR) is 79.7 cm³/mol. The Balaban J connectivity index is 2.15. The van der Waals surface area contributed by atoms with Crippen LogP contribution in [0.15, 0.2) is 42.5 Å². The Labute approximate surface area is 115 Å². The molecule has 100 valence electrons. The monoisotopic (exact) mass is 255 g/mol. The van der Waals surface area contributed by atoms with Gasteiger partial charge in [-0.15, -0.1) is 0 Å². The summed E-state index contributed by atoms with van der Waals surface area (Å²) in [6.07, 6.45) is 0.942. The molecule has 0 aromatic heterocycles. The molecule has 0 aliphatic heterocycles. The maximum atomic E-state index is 6.00. The Morgan fingerprint density at radius 2 is 1.74 bits per heavy atom. The summed E-state index contributed by atoms with van der Waals surface area (Å²) in [6.45, 7) is 6.23. The average Bonchev–Trinajstić information content (AvgIpc) is 2.42. The summed E-state index contributed by atoms with van der Waals surface area (Å²) in [5.74, 6) is 1.75. The SMILES string of the molecule is CC[C@H](N)c1ccc(Oc2ccc(C)cc2C)cc1. The van der Waals surface area contributed by atoms with Crippen LogP contribution in [-0.2, 0) is 0 Å². The molecule has 2 aromatic carbocycles. The first-order chi connectivity index (χ1) is 9.10. The number of hydrogen-bond donors (Lipinski definition) is 1. The minimum absolute atomic E-state index is 0.107. The van der Waals surface area contributed by atoms with Gasteiger partial charge in [-0.2, -0.15) is 0 Å². The fourth-order valence-corrected chi connectivity index (χ4v) is 2.06. The van der Waals surface area contributed by atoms with E-state index >= 15 is 0 Å². The highest BCUT2D eigenvalue weighted by molar-refractivity contribution is 5.40. The molecule has 2 rings (SSSR count). The fourth-order valence-electron chi connectivity index (χ4n) is 2.06. The topological polar surface area (TPSA) is 35.2 Å². The van der Waals surface area contributed by atoms with Gasteiger partial charge in [0.05, 0.1) is 0 Å². The van der Waals surface area contributed by atoms with Crippen LogP contribution in [0.1, 0.15) is 36.1 Å². The van der Waals surface area contributed by atoms with Crippen LogP contribution in [0, 0.1) is 13.8 Å². The predicted octanol–water partition coefficient (Wildman–Crippen LogP) is 4.51. The highest BCUT2D eigenvalue weighted by Gasteiger charge is 2.05. The molecule has 0 bridgehead atoms. The third-order valence-corrected chi connectivity index (χ3v) is 3.31. The summed E-state index contributed by atoms with van der Waals surface area (Å²) in [6, 6.07) is 14.3. The van der Waals surface area contributed by atoms with Gasteiger partial charge in [-0.3, -0.25) is 0 Å². The summed E-state index contributed by atoms with van der Waals surface area (Å²) in [5.41, 5.74) is 9.54. The van der Waals surface area contributed by atoms with Gasteiger partial charge in [0, 0.05) is 6.04 Å². The van der Waals surface area contributed by atoms with Crippen molar-refractivity contribution in [2.45, 2.75) is 33.2 Å². The quantitative estimate of drug-likeness (QED) is 0.872. The summed E-state index contributed by atoms with van der Waals surface area (Å²) in [4.78, 5) is 0. The van der Waals surface area contributed by atoms with Gasteiger partial charge in [0.15, 0.2) is 0 Å². The number of nitrogens with two attached hydrogens (primary N) is 1. The lowest BCUT2D eigenvalue weighted by molar-refractivity contribution is 0.478. The zero-order chi connectivity index (χ0) is 13.8. The Kier molecular flexibility index (Phi) is 4.23. The van der Waals surface area contributed by atoms with Crippen molar-refractivity contribution in [3.63, 3.8) is 0 Å². The second-order valence-electron chi connectivity index (χ2n) is 4.95. The maximum absolute atomic E-state index is 6.00. The standard InChI is InChI=1S/C17H21NO/c1-4-16(18)14-6-8-15(9-7-14)19-17-10-5-12(2)11-13(17)3/h5-11,16H,4,18H2,1-3H3/t16-/m0/s1. The number of aryl methyl sites for hydroxylation is 2. The van der Waals surface area contributed by atoms with Gasteiger partial charge in [0.25, 0.3) is 0 Å². The number of rotatable bonds is 4. The highest BCUT2D eigenvalue weighted by atomic mass is 16.5. The zero-order valence-corrected chi connectivity index (χ0v) is 11.8. The molecule has 0 radical (unpaired) electrons. The van der Waals surface area contributed by atoms with Gasteiger partial charge in [-0.25, -0.2) is 0 Å². The molecule has 2 N–H and O–H groups in total. The van der Waals surface area contributed by atoms with Crippen molar-refractivity contribution >= 4 is 0 Å². The Bertz CT molecular complexity index is 546. The third-order valence-electron chi connectivity index (χ3n) is 3.31. The molecule has 1 atom stereocenters. The van der Waals surface area contributed by atoms with E-state index < -0.39 is 0 Å². The minimum atomic E-state index is 0.107. The molecule has 0 unspecified atom stereocenters. The molecule has 2 nitrogen and oxygen atoms in total. The van der Waals surface area contributed by atoms with Crippen LogP contribution in [-0.4, -0.2) is 0 Å². The van der Waals surface area contributed by atoms with Crippen molar-refractivity contribution in [2.24, 2.45) is 5.73 Å². The van der Waals surface area contributed by atoms with E-state index in [1.165, 1.54) is 5.56 Å². The van der Waals surface area contributed by atoms with Crippen LogP contribution in [0.5, 0.6) is 11.5 Å². The van der Waals surface area contributed by atoms with Crippen molar-refractivity contribution in [1.82, 2.24) is 0 Å². The minimum Gasteiger partial charge on any atom is -0.457 e. The normalized spacial score (nSPS) is 12.2. The largest absolute Gasteiger partial charge is 0.457 e.